The third-order valence-electron chi connectivity index (χ3n) is 0.923. The number of esters is 1. The normalized spacial score (nSPS) is 10.1. The molecule has 0 N–H and O–H groups in total. The fraction of sp³-hybridized carbons (Fsp3) is 0.200. The molecule has 6 nitrogen and oxygen atoms in total. The van der Waals surface area contributed by atoms with Crippen molar-refractivity contribution in [2.24, 2.45) is 0 Å². The van der Waals surface area contributed by atoms with E-state index in [2.05, 4.69) is 19.7 Å². The molecule has 1 heterocycles. The van der Waals surface area contributed by atoms with Crippen molar-refractivity contribution in [3.63, 3.8) is 0 Å². The lowest BCUT2D eigenvalue weighted by Crippen LogP contribution is -2.20. The third-order valence-corrected chi connectivity index (χ3v) is 1.16. The van der Waals surface area contributed by atoms with Crippen LogP contribution in [0, 0.1) is 0 Å². The summed E-state index contributed by atoms with van der Waals surface area (Å²) in [5, 5.41) is 0. The van der Waals surface area contributed by atoms with Crippen LogP contribution >= 0.6 is 23.6 Å². The van der Waals surface area contributed by atoms with Gasteiger partial charge in [0, 0.05) is 0 Å². The fourth-order valence-electron chi connectivity index (χ4n) is 0.513. The third kappa shape index (κ3) is 3.97. The molecule has 1 aromatic rings. The van der Waals surface area contributed by atoms with Crippen molar-refractivity contribution in [3.05, 3.63) is 12.7 Å². The summed E-state index contributed by atoms with van der Waals surface area (Å²) in [5.74, 6) is -0.656. The highest BCUT2D eigenvalue weighted by Crippen LogP contribution is 2.01. The Hall–Kier alpha value is -0.980. The van der Waals surface area contributed by atoms with Gasteiger partial charge in [0.05, 0.1) is 0 Å². The molecule has 70 valence electrons. The molecule has 0 bridgehead atoms. The zero-order chi connectivity index (χ0) is 9.68. The molecule has 0 radical (unpaired) electrons. The van der Waals surface area contributed by atoms with E-state index < -0.39 is 5.97 Å². The van der Waals surface area contributed by atoms with E-state index in [1.165, 1.54) is 12.7 Å². The van der Waals surface area contributed by atoms with Crippen LogP contribution in [0.2, 0.25) is 0 Å². The number of nitrogens with zero attached hydrogens (tertiary/aromatic N) is 4. The van der Waals surface area contributed by atoms with Gasteiger partial charge in [-0.3, -0.25) is 4.79 Å². The van der Waals surface area contributed by atoms with Crippen LogP contribution in [0.1, 0.15) is 0 Å². The van der Waals surface area contributed by atoms with Crippen molar-refractivity contribution in [1.29, 1.82) is 0 Å². The van der Waals surface area contributed by atoms with Crippen LogP contribution in [0.4, 0.5) is 0 Å². The molecule has 13 heavy (non-hydrogen) atoms. The molecule has 0 unspecified atom stereocenters. The van der Waals surface area contributed by atoms with Crippen molar-refractivity contribution in [3.8, 4) is 6.01 Å². The van der Waals surface area contributed by atoms with Crippen LogP contribution < -0.4 is 4.74 Å². The predicted molar refractivity (Wildman–Crippen MR) is 43.9 cm³/mol. The highest BCUT2D eigenvalue weighted by molar-refractivity contribution is 6.34. The zero-order valence-corrected chi connectivity index (χ0v) is 7.73. The maximum atomic E-state index is 10.9. The first-order chi connectivity index (χ1) is 6.18. The lowest BCUT2D eigenvalue weighted by Gasteiger charge is -2.02. The van der Waals surface area contributed by atoms with Crippen LogP contribution in [-0.4, -0.2) is 31.4 Å². The minimum Gasteiger partial charge on any atom is -0.390 e. The number of hydrogen-bond acceptors (Lipinski definition) is 6. The average molecular weight is 223 g/mol. The van der Waals surface area contributed by atoms with Crippen LogP contribution in [0.3, 0.4) is 0 Å². The minimum absolute atomic E-state index is 0.0878. The maximum absolute atomic E-state index is 10.9. The molecule has 0 saturated carbocycles. The van der Waals surface area contributed by atoms with Crippen molar-refractivity contribution in [2.45, 2.75) is 0 Å². The van der Waals surface area contributed by atoms with E-state index in [0.29, 0.717) is 3.94 Å². The second-order valence-electron chi connectivity index (χ2n) is 1.86. The number of aromatic nitrogens is 3. The summed E-state index contributed by atoms with van der Waals surface area (Å²) < 4.78 is 5.26. The van der Waals surface area contributed by atoms with Gasteiger partial charge in [0.1, 0.15) is 19.2 Å². The van der Waals surface area contributed by atoms with Gasteiger partial charge in [0.2, 0.25) is 0 Å². The van der Waals surface area contributed by atoms with Crippen molar-refractivity contribution >= 4 is 29.5 Å². The van der Waals surface area contributed by atoms with E-state index in [1.54, 1.807) is 0 Å². The number of carbonyl (C=O) groups excluding carboxylic acids is 1. The summed E-state index contributed by atoms with van der Waals surface area (Å²) >= 11 is 10.4. The molecular formula is C5H4Cl2N4O2. The first kappa shape index (κ1) is 10.1. The quantitative estimate of drug-likeness (QED) is 0.545. The largest absolute Gasteiger partial charge is 0.390 e. The van der Waals surface area contributed by atoms with Crippen LogP contribution in [0.5, 0.6) is 6.01 Å². The Labute approximate surface area is 83.7 Å². The predicted octanol–water partition coefficient (Wildman–Crippen LogP) is 0.387. The molecule has 0 aliphatic heterocycles. The molecule has 1 rings (SSSR count). The van der Waals surface area contributed by atoms with Gasteiger partial charge in [-0.2, -0.15) is 9.97 Å². The van der Waals surface area contributed by atoms with Gasteiger partial charge < -0.3 is 4.74 Å². The number of halogens is 2. The Bertz CT molecular complexity index is 281. The highest BCUT2D eigenvalue weighted by atomic mass is 35.5. The number of hydrogen-bond donors (Lipinski definition) is 0. The SMILES string of the molecule is O=C(CN(Cl)Cl)Oc1ncncn1. The molecular weight excluding hydrogens is 219 g/mol. The Morgan fingerprint density at radius 2 is 2.08 bits per heavy atom. The standard InChI is InChI=1S/C5H4Cl2N4O2/c6-11(7)1-4(12)13-5-9-2-8-3-10-5/h2-3H,1H2. The number of rotatable bonds is 3. The van der Waals surface area contributed by atoms with Gasteiger partial charge >= 0.3 is 12.0 Å². The number of carbonyl (C=O) groups is 1. The number of ether oxygens (including phenoxy) is 1. The van der Waals surface area contributed by atoms with E-state index in [1.807, 2.05) is 0 Å². The Morgan fingerprint density at radius 3 is 2.62 bits per heavy atom. The molecule has 0 aliphatic carbocycles. The Kier molecular flexibility index (Phi) is 3.81. The van der Waals surface area contributed by atoms with Gasteiger partial charge in [-0.15, -0.1) is 3.94 Å². The molecule has 0 aliphatic rings. The molecule has 0 atom stereocenters. The van der Waals surface area contributed by atoms with Crippen LogP contribution in [0.15, 0.2) is 12.7 Å². The first-order valence-corrected chi connectivity index (χ1v) is 3.78. The first-order valence-electron chi connectivity index (χ1n) is 3.10. The molecule has 0 saturated heterocycles. The second kappa shape index (κ2) is 4.90. The van der Waals surface area contributed by atoms with Crippen molar-refractivity contribution in [2.75, 3.05) is 6.54 Å². The fourth-order valence-corrected chi connectivity index (χ4v) is 0.708. The molecule has 0 spiro atoms. The molecule has 0 amide bonds. The van der Waals surface area contributed by atoms with Crippen molar-refractivity contribution < 1.29 is 9.53 Å². The van der Waals surface area contributed by atoms with Gasteiger partial charge in [0.25, 0.3) is 0 Å². The van der Waals surface area contributed by atoms with Gasteiger partial charge in [0.15, 0.2) is 0 Å². The lowest BCUT2D eigenvalue weighted by atomic mass is 10.7. The topological polar surface area (TPSA) is 68.2 Å². The van der Waals surface area contributed by atoms with Gasteiger partial charge in [-0.25, -0.2) is 4.98 Å². The van der Waals surface area contributed by atoms with E-state index in [4.69, 9.17) is 23.6 Å². The lowest BCUT2D eigenvalue weighted by molar-refractivity contribution is -0.134. The average Bonchev–Trinajstić information content (AvgIpc) is 2.04. The Morgan fingerprint density at radius 1 is 1.46 bits per heavy atom. The summed E-state index contributed by atoms with van der Waals surface area (Å²) in [7, 11) is 0. The van der Waals surface area contributed by atoms with E-state index in [9.17, 15) is 4.79 Å². The van der Waals surface area contributed by atoms with Gasteiger partial charge in [-0.05, 0) is 23.6 Å². The van der Waals surface area contributed by atoms with E-state index in [-0.39, 0.29) is 12.6 Å². The van der Waals surface area contributed by atoms with Crippen LogP contribution in [0.25, 0.3) is 0 Å². The molecule has 1 aromatic heterocycles. The minimum atomic E-state index is -0.656. The van der Waals surface area contributed by atoms with Crippen molar-refractivity contribution in [1.82, 2.24) is 18.9 Å². The summed E-state index contributed by atoms with van der Waals surface area (Å²) in [6.07, 6.45) is 2.41. The Balaban J connectivity index is 2.46. The monoisotopic (exact) mass is 222 g/mol. The van der Waals surface area contributed by atoms with Gasteiger partial charge in [-0.1, -0.05) is 0 Å². The van der Waals surface area contributed by atoms with Crippen LogP contribution in [-0.2, 0) is 4.79 Å². The molecule has 8 heteroatoms. The van der Waals surface area contributed by atoms with E-state index in [0.717, 1.165) is 0 Å². The summed E-state index contributed by atoms with van der Waals surface area (Å²) in [6, 6.07) is -0.0878. The second-order valence-corrected chi connectivity index (χ2v) is 2.85. The zero-order valence-electron chi connectivity index (χ0n) is 6.22. The van der Waals surface area contributed by atoms with E-state index >= 15 is 0 Å². The summed E-state index contributed by atoms with van der Waals surface area (Å²) in [6.45, 7) is -0.269. The molecule has 0 fully saturated rings. The highest BCUT2D eigenvalue weighted by Gasteiger charge is 2.09. The maximum Gasteiger partial charge on any atom is 0.330 e. The molecule has 0 aromatic carbocycles. The summed E-state index contributed by atoms with van der Waals surface area (Å²) in [4.78, 5) is 21.5. The summed E-state index contributed by atoms with van der Waals surface area (Å²) in [5.41, 5.74) is 0. The smallest absolute Gasteiger partial charge is 0.330 e.